The van der Waals surface area contributed by atoms with E-state index in [2.05, 4.69) is 41.5 Å². The lowest BCUT2D eigenvalue weighted by atomic mass is 10.0. The van der Waals surface area contributed by atoms with Crippen molar-refractivity contribution < 1.29 is 4.79 Å². The first-order valence-corrected chi connectivity index (χ1v) is 8.75. The number of pyridine rings is 1. The Kier molecular flexibility index (Phi) is 5.12. The lowest BCUT2D eigenvalue weighted by molar-refractivity contribution is 0.0954. The molecule has 0 aliphatic heterocycles. The highest BCUT2D eigenvalue weighted by atomic mass is 16.2. The molecule has 0 aliphatic rings. The number of hydrogen-bond donors (Lipinski definition) is 1. The van der Waals surface area contributed by atoms with Crippen LogP contribution < -0.4 is 5.43 Å². The molecular weight excluding hydrogens is 322 g/mol. The first-order chi connectivity index (χ1) is 12.4. The van der Waals surface area contributed by atoms with Crippen molar-refractivity contribution in [2.24, 2.45) is 5.10 Å². The molecule has 0 saturated heterocycles. The molecule has 4 nitrogen and oxygen atoms in total. The number of rotatable bonds is 4. The summed E-state index contributed by atoms with van der Waals surface area (Å²) in [6.07, 6.45) is 1.65. The van der Waals surface area contributed by atoms with Gasteiger partial charge in [-0.05, 0) is 49.1 Å². The summed E-state index contributed by atoms with van der Waals surface area (Å²) in [6, 6.07) is 16.0. The molecule has 0 saturated carbocycles. The summed E-state index contributed by atoms with van der Waals surface area (Å²) in [6.45, 7) is 8.17. The minimum Gasteiger partial charge on any atom is -0.267 e. The molecule has 0 bridgehead atoms. The summed E-state index contributed by atoms with van der Waals surface area (Å²) >= 11 is 0. The van der Waals surface area contributed by atoms with E-state index in [1.165, 1.54) is 5.56 Å². The molecule has 1 N–H and O–H groups in total. The standard InChI is InChI=1S/C22H23N3O/c1-14(2)18-8-6-17(7-9-18)13-23-25-22(26)20-12-19-11-15(3)5-10-21(19)24-16(20)4/h5-14H,1-4H3,(H,25,26). The van der Waals surface area contributed by atoms with Crippen molar-refractivity contribution in [2.45, 2.75) is 33.6 Å². The Morgan fingerprint density at radius 2 is 1.81 bits per heavy atom. The van der Waals surface area contributed by atoms with E-state index in [0.29, 0.717) is 17.2 Å². The smallest absolute Gasteiger partial charge is 0.267 e. The minimum atomic E-state index is -0.256. The van der Waals surface area contributed by atoms with E-state index in [-0.39, 0.29) is 5.91 Å². The maximum absolute atomic E-state index is 12.5. The number of carbonyl (C=O) groups is 1. The summed E-state index contributed by atoms with van der Waals surface area (Å²) in [4.78, 5) is 17.0. The van der Waals surface area contributed by atoms with Gasteiger partial charge in [0.2, 0.25) is 0 Å². The Morgan fingerprint density at radius 1 is 1.08 bits per heavy atom. The third kappa shape index (κ3) is 3.97. The van der Waals surface area contributed by atoms with Crippen molar-refractivity contribution in [2.75, 3.05) is 0 Å². The van der Waals surface area contributed by atoms with Crippen molar-refractivity contribution >= 4 is 23.0 Å². The lowest BCUT2D eigenvalue weighted by Gasteiger charge is -2.07. The van der Waals surface area contributed by atoms with E-state index in [4.69, 9.17) is 0 Å². The summed E-state index contributed by atoms with van der Waals surface area (Å²) in [5.74, 6) is 0.237. The van der Waals surface area contributed by atoms with Gasteiger partial charge >= 0.3 is 0 Å². The molecule has 1 aromatic heterocycles. The zero-order valence-corrected chi connectivity index (χ0v) is 15.6. The number of nitrogens with zero attached hydrogens (tertiary/aromatic N) is 2. The van der Waals surface area contributed by atoms with E-state index >= 15 is 0 Å². The van der Waals surface area contributed by atoms with Crippen LogP contribution in [-0.4, -0.2) is 17.1 Å². The molecule has 1 heterocycles. The quantitative estimate of drug-likeness (QED) is 0.548. The Hall–Kier alpha value is -3.01. The van der Waals surface area contributed by atoms with E-state index in [9.17, 15) is 4.79 Å². The van der Waals surface area contributed by atoms with E-state index < -0.39 is 0 Å². The van der Waals surface area contributed by atoms with Crippen LogP contribution in [0.5, 0.6) is 0 Å². The van der Waals surface area contributed by atoms with Crippen LogP contribution in [-0.2, 0) is 0 Å². The highest BCUT2D eigenvalue weighted by Crippen LogP contribution is 2.18. The predicted molar refractivity (Wildman–Crippen MR) is 107 cm³/mol. The van der Waals surface area contributed by atoms with Gasteiger partial charge in [0.15, 0.2) is 0 Å². The first-order valence-electron chi connectivity index (χ1n) is 8.75. The molecule has 2 aromatic carbocycles. The summed E-state index contributed by atoms with van der Waals surface area (Å²) in [7, 11) is 0. The number of aryl methyl sites for hydroxylation is 2. The van der Waals surface area contributed by atoms with Gasteiger partial charge in [0.05, 0.1) is 23.0 Å². The normalized spacial score (nSPS) is 11.4. The van der Waals surface area contributed by atoms with E-state index in [1.54, 1.807) is 6.21 Å². The van der Waals surface area contributed by atoms with Gasteiger partial charge in [0.25, 0.3) is 5.91 Å². The third-order valence-electron chi connectivity index (χ3n) is 4.39. The second-order valence-corrected chi connectivity index (χ2v) is 6.84. The van der Waals surface area contributed by atoms with Crippen molar-refractivity contribution in [3.63, 3.8) is 0 Å². The molecule has 0 aliphatic carbocycles. The Labute approximate surface area is 154 Å². The monoisotopic (exact) mass is 345 g/mol. The van der Waals surface area contributed by atoms with Gasteiger partial charge in [-0.15, -0.1) is 0 Å². The summed E-state index contributed by atoms with van der Waals surface area (Å²) in [5.41, 5.74) is 8.07. The Bertz CT molecular complexity index is 973. The maximum atomic E-state index is 12.5. The second kappa shape index (κ2) is 7.48. The van der Waals surface area contributed by atoms with Crippen LogP contribution in [0.3, 0.4) is 0 Å². The number of carbonyl (C=O) groups excluding carboxylic acids is 1. The number of hydrazone groups is 1. The van der Waals surface area contributed by atoms with Crippen LogP contribution in [0.1, 0.15) is 52.5 Å². The number of aromatic nitrogens is 1. The van der Waals surface area contributed by atoms with Gasteiger partial charge in [-0.3, -0.25) is 9.78 Å². The predicted octanol–water partition coefficient (Wildman–Crippen LogP) is 4.74. The van der Waals surface area contributed by atoms with Crippen LogP contribution in [0.15, 0.2) is 53.6 Å². The van der Waals surface area contributed by atoms with Gasteiger partial charge < -0.3 is 0 Å². The van der Waals surface area contributed by atoms with Crippen molar-refractivity contribution in [1.29, 1.82) is 0 Å². The average molecular weight is 345 g/mol. The van der Waals surface area contributed by atoms with Crippen LogP contribution in [0.2, 0.25) is 0 Å². The molecule has 0 fully saturated rings. The minimum absolute atomic E-state index is 0.256. The number of nitrogens with one attached hydrogen (secondary N) is 1. The third-order valence-corrected chi connectivity index (χ3v) is 4.39. The maximum Gasteiger partial charge on any atom is 0.273 e. The van der Waals surface area contributed by atoms with Gasteiger partial charge in [0, 0.05) is 5.39 Å². The second-order valence-electron chi connectivity index (χ2n) is 6.84. The van der Waals surface area contributed by atoms with E-state index in [0.717, 1.165) is 22.0 Å². The van der Waals surface area contributed by atoms with E-state index in [1.807, 2.05) is 50.2 Å². The first kappa shape index (κ1) is 17.8. The van der Waals surface area contributed by atoms with Gasteiger partial charge in [-0.25, -0.2) is 5.43 Å². The largest absolute Gasteiger partial charge is 0.273 e. The van der Waals surface area contributed by atoms with Crippen molar-refractivity contribution in [3.05, 3.63) is 76.5 Å². The number of hydrogen-bond acceptors (Lipinski definition) is 3. The highest BCUT2D eigenvalue weighted by molar-refractivity contribution is 5.99. The Morgan fingerprint density at radius 3 is 2.50 bits per heavy atom. The fourth-order valence-electron chi connectivity index (χ4n) is 2.81. The molecule has 4 heteroatoms. The van der Waals surface area contributed by atoms with Crippen LogP contribution >= 0.6 is 0 Å². The SMILES string of the molecule is Cc1ccc2nc(C)c(C(=O)NN=Cc3ccc(C(C)C)cc3)cc2c1. The topological polar surface area (TPSA) is 54.4 Å². The molecule has 1 amide bonds. The molecule has 0 atom stereocenters. The summed E-state index contributed by atoms with van der Waals surface area (Å²) < 4.78 is 0. The molecule has 0 spiro atoms. The fourth-order valence-corrected chi connectivity index (χ4v) is 2.81. The van der Waals surface area contributed by atoms with Crippen LogP contribution in [0.25, 0.3) is 10.9 Å². The summed E-state index contributed by atoms with van der Waals surface area (Å²) in [5, 5.41) is 5.03. The van der Waals surface area contributed by atoms with Crippen molar-refractivity contribution in [3.8, 4) is 0 Å². The van der Waals surface area contributed by atoms with Crippen molar-refractivity contribution in [1.82, 2.24) is 10.4 Å². The van der Waals surface area contributed by atoms with Gasteiger partial charge in [0.1, 0.15) is 0 Å². The van der Waals surface area contributed by atoms with Gasteiger partial charge in [-0.2, -0.15) is 5.10 Å². The lowest BCUT2D eigenvalue weighted by Crippen LogP contribution is -2.19. The number of benzene rings is 2. The molecular formula is C22H23N3O. The Balaban J connectivity index is 1.75. The average Bonchev–Trinajstić information content (AvgIpc) is 2.61. The number of amides is 1. The molecule has 26 heavy (non-hydrogen) atoms. The van der Waals surface area contributed by atoms with Gasteiger partial charge in [-0.1, -0.05) is 49.7 Å². The zero-order chi connectivity index (χ0) is 18.7. The zero-order valence-electron chi connectivity index (χ0n) is 15.6. The molecule has 3 aromatic rings. The highest BCUT2D eigenvalue weighted by Gasteiger charge is 2.11. The van der Waals surface area contributed by atoms with Crippen LogP contribution in [0.4, 0.5) is 0 Å². The fraction of sp³-hybridized carbons (Fsp3) is 0.227. The molecule has 0 unspecified atom stereocenters. The van der Waals surface area contributed by atoms with Crippen LogP contribution in [0, 0.1) is 13.8 Å². The molecule has 0 radical (unpaired) electrons. The number of fused-ring (bicyclic) bond motifs is 1. The molecule has 3 rings (SSSR count). The molecule has 132 valence electrons.